The van der Waals surface area contributed by atoms with Gasteiger partial charge < -0.3 is 15.0 Å². The van der Waals surface area contributed by atoms with Gasteiger partial charge in [0.2, 0.25) is 8.32 Å². The summed E-state index contributed by atoms with van der Waals surface area (Å²) in [5, 5.41) is 4.48. The zero-order chi connectivity index (χ0) is 22.9. The van der Waals surface area contributed by atoms with Crippen LogP contribution in [-0.2, 0) is 6.54 Å². The van der Waals surface area contributed by atoms with E-state index >= 15 is 0 Å². The van der Waals surface area contributed by atoms with Crippen molar-refractivity contribution in [2.75, 3.05) is 13.1 Å². The van der Waals surface area contributed by atoms with Gasteiger partial charge in [0.15, 0.2) is 0 Å². The van der Waals surface area contributed by atoms with Gasteiger partial charge in [-0.05, 0) is 61.2 Å². The fourth-order valence-corrected chi connectivity index (χ4v) is 7.08. The van der Waals surface area contributed by atoms with Crippen molar-refractivity contribution in [1.82, 2.24) is 10.2 Å². The second kappa shape index (κ2) is 9.47. The van der Waals surface area contributed by atoms with Crippen LogP contribution in [0.5, 0.6) is 0 Å². The summed E-state index contributed by atoms with van der Waals surface area (Å²) in [7, 11) is -2.39. The number of hydrogen-bond donors (Lipinski definition) is 2. The Kier molecular flexibility index (Phi) is 6.86. The second-order valence-corrected chi connectivity index (χ2v) is 14.8. The molecule has 0 radical (unpaired) electrons. The number of benzene rings is 2. The third kappa shape index (κ3) is 5.15. The summed E-state index contributed by atoms with van der Waals surface area (Å²) in [6, 6.07) is 17.4. The average molecular weight is 467 g/mol. The normalized spacial score (nSPS) is 15.6. The Bertz CT molecular complexity index is 1090. The standard InChI is InChI=1S/C26H34N2O2SSi/c1-18(2)27-17-19-7-5-8-21(15-19)20-11-13-28(14-12-20)26(29)22-9-6-10-24-23(22)16-25(31-24)32(3,4)30/h5-10,15-16,18,20,27,30H,11-14,17H2,1-4H3. The Morgan fingerprint density at radius 2 is 1.88 bits per heavy atom. The summed E-state index contributed by atoms with van der Waals surface area (Å²) in [5.74, 6) is 0.619. The Hall–Kier alpha value is -1.99. The average Bonchev–Trinajstić information content (AvgIpc) is 3.23. The fraction of sp³-hybridized carbons (Fsp3) is 0.423. The molecule has 2 aromatic carbocycles. The number of fused-ring (bicyclic) bond motifs is 1. The van der Waals surface area contributed by atoms with E-state index in [4.69, 9.17) is 0 Å². The first-order valence-electron chi connectivity index (χ1n) is 11.6. The molecule has 1 saturated heterocycles. The second-order valence-electron chi connectivity index (χ2n) is 9.73. The van der Waals surface area contributed by atoms with Gasteiger partial charge in [0, 0.05) is 45.8 Å². The third-order valence-corrected chi connectivity index (χ3v) is 10.4. The van der Waals surface area contributed by atoms with Crippen molar-refractivity contribution in [2.24, 2.45) is 0 Å². The predicted octanol–water partition coefficient (Wildman–Crippen LogP) is 4.82. The van der Waals surface area contributed by atoms with E-state index in [0.29, 0.717) is 12.0 Å². The molecule has 1 aliphatic heterocycles. The van der Waals surface area contributed by atoms with Crippen LogP contribution in [0.2, 0.25) is 13.1 Å². The molecule has 0 unspecified atom stereocenters. The Morgan fingerprint density at radius 1 is 1.16 bits per heavy atom. The monoisotopic (exact) mass is 466 g/mol. The molecule has 2 N–H and O–H groups in total. The molecule has 3 aromatic rings. The highest BCUT2D eigenvalue weighted by Crippen LogP contribution is 2.31. The van der Waals surface area contributed by atoms with E-state index in [1.807, 2.05) is 42.3 Å². The largest absolute Gasteiger partial charge is 0.427 e. The summed E-state index contributed by atoms with van der Waals surface area (Å²) in [6.45, 7) is 10.6. The van der Waals surface area contributed by atoms with Gasteiger partial charge in [-0.1, -0.05) is 44.2 Å². The maximum absolute atomic E-state index is 13.4. The number of carbonyl (C=O) groups excluding carboxylic acids is 1. The highest BCUT2D eigenvalue weighted by molar-refractivity contribution is 7.30. The number of amides is 1. The number of rotatable bonds is 6. The van der Waals surface area contributed by atoms with Gasteiger partial charge in [0.05, 0.1) is 0 Å². The lowest BCUT2D eigenvalue weighted by Gasteiger charge is -2.32. The van der Waals surface area contributed by atoms with E-state index in [0.717, 1.165) is 52.6 Å². The lowest BCUT2D eigenvalue weighted by Crippen LogP contribution is -2.39. The molecule has 2 heterocycles. The maximum atomic E-state index is 13.4. The molecule has 1 aromatic heterocycles. The summed E-state index contributed by atoms with van der Waals surface area (Å²) in [6.07, 6.45) is 1.99. The van der Waals surface area contributed by atoms with E-state index < -0.39 is 8.32 Å². The van der Waals surface area contributed by atoms with Crippen LogP contribution in [0.4, 0.5) is 0 Å². The lowest BCUT2D eigenvalue weighted by atomic mass is 9.88. The van der Waals surface area contributed by atoms with Crippen LogP contribution in [0.1, 0.15) is 54.1 Å². The van der Waals surface area contributed by atoms with Gasteiger partial charge in [-0.2, -0.15) is 0 Å². The third-order valence-electron chi connectivity index (χ3n) is 6.31. The van der Waals surface area contributed by atoms with Crippen LogP contribution in [0.3, 0.4) is 0 Å². The quantitative estimate of drug-likeness (QED) is 0.512. The molecular weight excluding hydrogens is 432 g/mol. The van der Waals surface area contributed by atoms with Crippen molar-refractivity contribution < 1.29 is 9.59 Å². The van der Waals surface area contributed by atoms with E-state index in [1.54, 1.807) is 11.3 Å². The lowest BCUT2D eigenvalue weighted by molar-refractivity contribution is 0.0715. The van der Waals surface area contributed by atoms with E-state index in [9.17, 15) is 9.59 Å². The summed E-state index contributed by atoms with van der Waals surface area (Å²) < 4.78 is 2.11. The summed E-state index contributed by atoms with van der Waals surface area (Å²) >= 11 is 1.62. The molecular formula is C26H34N2O2SSi. The minimum absolute atomic E-state index is 0.116. The van der Waals surface area contributed by atoms with Crippen molar-refractivity contribution >= 4 is 40.1 Å². The van der Waals surface area contributed by atoms with Crippen molar-refractivity contribution in [1.29, 1.82) is 0 Å². The van der Waals surface area contributed by atoms with Crippen LogP contribution in [0.25, 0.3) is 10.1 Å². The first kappa shape index (κ1) is 23.2. The molecule has 0 atom stereocenters. The van der Waals surface area contributed by atoms with E-state index in [1.165, 1.54) is 11.1 Å². The van der Waals surface area contributed by atoms with Gasteiger partial charge in [-0.3, -0.25) is 4.79 Å². The highest BCUT2D eigenvalue weighted by atomic mass is 32.1. The Labute approximate surface area is 196 Å². The van der Waals surface area contributed by atoms with Crippen LogP contribution < -0.4 is 9.82 Å². The van der Waals surface area contributed by atoms with Gasteiger partial charge in [-0.15, -0.1) is 11.3 Å². The molecule has 170 valence electrons. The van der Waals surface area contributed by atoms with Crippen LogP contribution in [0, 0.1) is 0 Å². The first-order valence-corrected chi connectivity index (χ1v) is 15.4. The van der Waals surface area contributed by atoms with Crippen molar-refractivity contribution in [2.45, 2.75) is 58.3 Å². The van der Waals surface area contributed by atoms with E-state index in [-0.39, 0.29) is 5.91 Å². The van der Waals surface area contributed by atoms with Crippen LogP contribution >= 0.6 is 11.3 Å². The molecule has 32 heavy (non-hydrogen) atoms. The number of carbonyl (C=O) groups is 1. The molecule has 4 nitrogen and oxygen atoms in total. The SMILES string of the molecule is CC(C)NCc1cccc(C2CCN(C(=O)c3cccc4sc([Si](C)(C)O)cc34)CC2)c1. The number of nitrogens with zero attached hydrogens (tertiary/aromatic N) is 1. The number of likely N-dealkylation sites (tertiary alicyclic amines) is 1. The van der Waals surface area contributed by atoms with Gasteiger partial charge in [0.1, 0.15) is 0 Å². The van der Waals surface area contributed by atoms with Crippen LogP contribution in [-0.4, -0.2) is 43.1 Å². The molecule has 1 aliphatic rings. The highest BCUT2D eigenvalue weighted by Gasteiger charge is 2.28. The minimum atomic E-state index is -2.39. The Morgan fingerprint density at radius 3 is 2.56 bits per heavy atom. The minimum Gasteiger partial charge on any atom is -0.427 e. The molecule has 6 heteroatoms. The number of hydrogen-bond acceptors (Lipinski definition) is 4. The molecule has 4 rings (SSSR count). The first-order chi connectivity index (χ1) is 15.2. The van der Waals surface area contributed by atoms with Gasteiger partial charge >= 0.3 is 0 Å². The molecule has 0 bridgehead atoms. The molecule has 0 spiro atoms. The number of piperidine rings is 1. The topological polar surface area (TPSA) is 52.6 Å². The molecule has 0 aliphatic carbocycles. The summed E-state index contributed by atoms with van der Waals surface area (Å²) in [5.41, 5.74) is 3.48. The van der Waals surface area contributed by atoms with Crippen LogP contribution in [0.15, 0.2) is 48.5 Å². The van der Waals surface area contributed by atoms with Gasteiger partial charge in [0.25, 0.3) is 5.91 Å². The summed E-state index contributed by atoms with van der Waals surface area (Å²) in [4.78, 5) is 25.9. The molecule has 0 saturated carbocycles. The smallest absolute Gasteiger partial charge is 0.254 e. The van der Waals surface area contributed by atoms with Gasteiger partial charge in [-0.25, -0.2) is 0 Å². The fourth-order valence-electron chi connectivity index (χ4n) is 4.41. The van der Waals surface area contributed by atoms with Crippen molar-refractivity contribution in [3.8, 4) is 0 Å². The number of nitrogens with one attached hydrogen (secondary N) is 1. The predicted molar refractivity (Wildman–Crippen MR) is 137 cm³/mol. The molecule has 1 amide bonds. The zero-order valence-electron chi connectivity index (χ0n) is 19.5. The number of thiophene rings is 1. The van der Waals surface area contributed by atoms with Crippen molar-refractivity contribution in [3.05, 3.63) is 65.2 Å². The zero-order valence-corrected chi connectivity index (χ0v) is 21.3. The Balaban J connectivity index is 1.45. The maximum Gasteiger partial charge on any atom is 0.254 e. The van der Waals surface area contributed by atoms with Crippen molar-refractivity contribution in [3.63, 3.8) is 0 Å². The molecule has 1 fully saturated rings. The van der Waals surface area contributed by atoms with E-state index in [2.05, 4.69) is 43.4 Å².